The van der Waals surface area contributed by atoms with Crippen molar-refractivity contribution >= 4 is 40.6 Å². The molecule has 1 aromatic heterocycles. The molecule has 23 heavy (non-hydrogen) atoms. The van der Waals surface area contributed by atoms with Crippen molar-refractivity contribution in [3.05, 3.63) is 39.8 Å². The number of urea groups is 1. The lowest BCUT2D eigenvalue weighted by Gasteiger charge is -2.16. The molecule has 1 atom stereocenters. The summed E-state index contributed by atoms with van der Waals surface area (Å²) >= 11 is 6.05. The summed E-state index contributed by atoms with van der Waals surface area (Å²) in [7, 11) is 1.58. The Kier molecular flexibility index (Phi) is 6.24. The van der Waals surface area contributed by atoms with Crippen LogP contribution in [0.1, 0.15) is 5.56 Å². The van der Waals surface area contributed by atoms with Crippen molar-refractivity contribution in [3.63, 3.8) is 0 Å². The van der Waals surface area contributed by atoms with Crippen LogP contribution in [0.25, 0.3) is 0 Å². The second-order valence-electron chi connectivity index (χ2n) is 4.75. The van der Waals surface area contributed by atoms with Gasteiger partial charge in [-0.05, 0) is 24.2 Å². The predicted molar refractivity (Wildman–Crippen MR) is 92.0 cm³/mol. The molecule has 0 fully saturated rings. The van der Waals surface area contributed by atoms with Gasteiger partial charge >= 0.3 is 6.03 Å². The third-order valence-corrected chi connectivity index (χ3v) is 4.11. The average Bonchev–Trinajstić information content (AvgIpc) is 2.96. The first-order valence-corrected chi connectivity index (χ1v) is 8.17. The van der Waals surface area contributed by atoms with E-state index in [9.17, 15) is 9.59 Å². The van der Waals surface area contributed by atoms with Gasteiger partial charge in [-0.2, -0.15) is 0 Å². The molecule has 0 spiro atoms. The number of H-pyrrole nitrogens is 1. The van der Waals surface area contributed by atoms with Crippen LogP contribution in [0.4, 0.5) is 9.93 Å². The standard InChI is InChI=1S/C14H17N5O2S2/c1-15-11(20)10(7-9-5-3-2-4-6-9)8-16-12(21)17-13-18-19-14(22)23-13/h2-6,10H,7-8H2,1H3,(H,15,20)(H,19,22)(H2,16,17,18,21). The monoisotopic (exact) mass is 351 g/mol. The SMILES string of the molecule is CNC(=O)C(CNC(=O)Nc1n[nH]c(=S)s1)Cc1ccccc1. The van der Waals surface area contributed by atoms with Gasteiger partial charge in [0, 0.05) is 13.6 Å². The Balaban J connectivity index is 1.91. The van der Waals surface area contributed by atoms with Crippen molar-refractivity contribution in [2.75, 3.05) is 18.9 Å². The normalized spacial score (nSPS) is 11.5. The van der Waals surface area contributed by atoms with E-state index in [-0.39, 0.29) is 18.4 Å². The van der Waals surface area contributed by atoms with E-state index >= 15 is 0 Å². The third kappa shape index (κ3) is 5.46. The minimum Gasteiger partial charge on any atom is -0.359 e. The van der Waals surface area contributed by atoms with Crippen LogP contribution >= 0.6 is 23.6 Å². The molecule has 0 radical (unpaired) electrons. The second-order valence-corrected chi connectivity index (χ2v) is 6.42. The summed E-state index contributed by atoms with van der Waals surface area (Å²) < 4.78 is 0.479. The van der Waals surface area contributed by atoms with Gasteiger partial charge in [0.25, 0.3) is 0 Å². The number of anilines is 1. The molecule has 2 aromatic rings. The highest BCUT2D eigenvalue weighted by atomic mass is 32.1. The summed E-state index contributed by atoms with van der Waals surface area (Å²) in [5.41, 5.74) is 1.04. The van der Waals surface area contributed by atoms with Crippen LogP contribution in [0, 0.1) is 9.87 Å². The van der Waals surface area contributed by atoms with Gasteiger partial charge in [-0.1, -0.05) is 41.7 Å². The smallest absolute Gasteiger partial charge is 0.321 e. The molecular formula is C14H17N5O2S2. The molecule has 3 amide bonds. The second kappa shape index (κ2) is 8.39. The molecule has 0 saturated carbocycles. The third-order valence-electron chi connectivity index (χ3n) is 3.11. The summed E-state index contributed by atoms with van der Waals surface area (Å²) in [6, 6.07) is 9.23. The lowest BCUT2D eigenvalue weighted by molar-refractivity contribution is -0.124. The summed E-state index contributed by atoms with van der Waals surface area (Å²) in [5.74, 6) is -0.477. The number of hydrogen-bond acceptors (Lipinski definition) is 5. The fourth-order valence-electron chi connectivity index (χ4n) is 2.00. The van der Waals surface area contributed by atoms with E-state index < -0.39 is 6.03 Å². The highest BCUT2D eigenvalue weighted by Gasteiger charge is 2.19. The Morgan fingerprint density at radius 1 is 1.35 bits per heavy atom. The van der Waals surface area contributed by atoms with Crippen LogP contribution in [0.3, 0.4) is 0 Å². The number of carbonyl (C=O) groups excluding carboxylic acids is 2. The molecule has 1 unspecified atom stereocenters. The lowest BCUT2D eigenvalue weighted by atomic mass is 9.98. The number of aromatic nitrogens is 2. The van der Waals surface area contributed by atoms with Gasteiger partial charge in [-0.25, -0.2) is 4.79 Å². The summed E-state index contributed by atoms with van der Waals surface area (Å²) in [6.45, 7) is 0.218. The molecule has 9 heteroatoms. The summed E-state index contributed by atoms with van der Waals surface area (Å²) in [5, 5.41) is 14.7. The van der Waals surface area contributed by atoms with Crippen molar-refractivity contribution in [2.45, 2.75) is 6.42 Å². The largest absolute Gasteiger partial charge is 0.359 e. The number of nitrogens with zero attached hydrogens (tertiary/aromatic N) is 1. The number of carbonyl (C=O) groups is 2. The van der Waals surface area contributed by atoms with E-state index in [0.717, 1.165) is 16.9 Å². The van der Waals surface area contributed by atoms with Crippen LogP contribution in [-0.4, -0.2) is 35.7 Å². The fraction of sp³-hybridized carbons (Fsp3) is 0.286. The van der Waals surface area contributed by atoms with E-state index in [1.807, 2.05) is 30.3 Å². The van der Waals surface area contributed by atoms with Crippen LogP contribution in [-0.2, 0) is 11.2 Å². The fourth-order valence-corrected chi connectivity index (χ4v) is 2.79. The highest BCUT2D eigenvalue weighted by molar-refractivity contribution is 7.73. The molecule has 122 valence electrons. The molecule has 0 aliphatic heterocycles. The number of rotatable bonds is 6. The molecule has 0 aliphatic rings. The van der Waals surface area contributed by atoms with Crippen molar-refractivity contribution in [1.29, 1.82) is 0 Å². The maximum absolute atomic E-state index is 12.0. The molecular weight excluding hydrogens is 334 g/mol. The van der Waals surface area contributed by atoms with Gasteiger partial charge in [0.1, 0.15) is 0 Å². The Bertz CT molecular complexity index is 713. The van der Waals surface area contributed by atoms with E-state index in [0.29, 0.717) is 15.5 Å². The van der Waals surface area contributed by atoms with Gasteiger partial charge in [-0.15, -0.1) is 5.10 Å². The zero-order chi connectivity index (χ0) is 16.7. The minimum atomic E-state index is -0.426. The zero-order valence-corrected chi connectivity index (χ0v) is 14.1. The molecule has 2 rings (SSSR count). The van der Waals surface area contributed by atoms with E-state index in [1.165, 1.54) is 0 Å². The molecule has 4 N–H and O–H groups in total. The topological polar surface area (TPSA) is 98.9 Å². The summed E-state index contributed by atoms with van der Waals surface area (Å²) in [6.07, 6.45) is 0.544. The van der Waals surface area contributed by atoms with Gasteiger partial charge in [-0.3, -0.25) is 15.2 Å². The van der Waals surface area contributed by atoms with Gasteiger partial charge in [0.2, 0.25) is 11.0 Å². The van der Waals surface area contributed by atoms with Crippen LogP contribution in [0.2, 0.25) is 0 Å². The molecule has 0 bridgehead atoms. The van der Waals surface area contributed by atoms with Crippen LogP contribution < -0.4 is 16.0 Å². The Labute approximate surface area is 142 Å². The molecule has 0 aliphatic carbocycles. The first-order valence-electron chi connectivity index (χ1n) is 6.94. The molecule has 0 saturated heterocycles. The first kappa shape index (κ1) is 17.1. The molecule has 1 heterocycles. The van der Waals surface area contributed by atoms with E-state index in [1.54, 1.807) is 7.05 Å². The van der Waals surface area contributed by atoms with Crippen molar-refractivity contribution in [3.8, 4) is 0 Å². The zero-order valence-electron chi connectivity index (χ0n) is 12.5. The predicted octanol–water partition coefficient (Wildman–Crippen LogP) is 1.93. The number of benzene rings is 1. The maximum atomic E-state index is 12.0. The van der Waals surface area contributed by atoms with Crippen LogP contribution in [0.15, 0.2) is 30.3 Å². The summed E-state index contributed by atoms with van der Waals surface area (Å²) in [4.78, 5) is 23.8. The van der Waals surface area contributed by atoms with Crippen LogP contribution in [0.5, 0.6) is 0 Å². The first-order chi connectivity index (χ1) is 11.1. The van der Waals surface area contributed by atoms with Gasteiger partial charge in [0.05, 0.1) is 5.92 Å². The van der Waals surface area contributed by atoms with Gasteiger partial charge in [0.15, 0.2) is 3.95 Å². The van der Waals surface area contributed by atoms with Crippen molar-refractivity contribution in [1.82, 2.24) is 20.8 Å². The van der Waals surface area contributed by atoms with E-state index in [4.69, 9.17) is 12.2 Å². The average molecular weight is 351 g/mol. The van der Waals surface area contributed by atoms with Crippen molar-refractivity contribution in [2.24, 2.45) is 5.92 Å². The molecule has 1 aromatic carbocycles. The van der Waals surface area contributed by atoms with E-state index in [2.05, 4.69) is 26.1 Å². The quantitative estimate of drug-likeness (QED) is 0.598. The number of aromatic amines is 1. The Morgan fingerprint density at radius 2 is 2.09 bits per heavy atom. The number of amides is 3. The number of hydrogen-bond donors (Lipinski definition) is 4. The van der Waals surface area contributed by atoms with Crippen molar-refractivity contribution < 1.29 is 9.59 Å². The lowest BCUT2D eigenvalue weighted by Crippen LogP contribution is -2.40. The Hall–Kier alpha value is -2.26. The maximum Gasteiger partial charge on any atom is 0.321 e. The van der Waals surface area contributed by atoms with Gasteiger partial charge < -0.3 is 10.6 Å². The minimum absolute atomic E-state index is 0.121. The highest BCUT2D eigenvalue weighted by Crippen LogP contribution is 2.11. The number of nitrogens with one attached hydrogen (secondary N) is 4. The Morgan fingerprint density at radius 3 is 2.70 bits per heavy atom. The molecule has 7 nitrogen and oxygen atoms in total.